The number of nitrogens with one attached hydrogen (secondary N) is 2. The molecule has 0 radical (unpaired) electrons. The van der Waals surface area contributed by atoms with Crippen LogP contribution in [0.2, 0.25) is 5.02 Å². The first kappa shape index (κ1) is 19.5. The van der Waals surface area contributed by atoms with E-state index in [-0.39, 0.29) is 18.5 Å². The van der Waals surface area contributed by atoms with Crippen molar-refractivity contribution in [3.8, 4) is 11.4 Å². The first-order chi connectivity index (χ1) is 14.2. The van der Waals surface area contributed by atoms with Crippen LogP contribution in [0.3, 0.4) is 0 Å². The average molecular weight is 412 g/mol. The van der Waals surface area contributed by atoms with Gasteiger partial charge in [-0.15, -0.1) is 10.2 Å². The molecule has 0 atom stereocenters. The lowest BCUT2D eigenvalue weighted by Gasteiger charge is -2.29. The number of halogens is 1. The normalized spacial score (nSPS) is 19.1. The molecule has 1 aliphatic heterocycles. The summed E-state index contributed by atoms with van der Waals surface area (Å²) in [6.07, 6.45) is 1.96. The Morgan fingerprint density at radius 2 is 1.83 bits per heavy atom. The van der Waals surface area contributed by atoms with Crippen LogP contribution in [0, 0.1) is 0 Å². The molecule has 2 heterocycles. The zero-order valence-corrected chi connectivity index (χ0v) is 16.8. The number of quaternary nitrogens is 1. The maximum Gasteiger partial charge on any atom is 0.243 e. The Morgan fingerprint density at radius 1 is 1.10 bits per heavy atom. The minimum atomic E-state index is -0.0819. The smallest absolute Gasteiger partial charge is 0.243 e. The molecule has 1 aromatic heterocycles. The van der Waals surface area contributed by atoms with Crippen molar-refractivity contribution in [2.24, 2.45) is 0 Å². The zero-order chi connectivity index (χ0) is 20.1. The van der Waals surface area contributed by atoms with E-state index < -0.39 is 0 Å². The van der Waals surface area contributed by atoms with Crippen molar-refractivity contribution in [2.45, 2.75) is 32.0 Å². The summed E-state index contributed by atoms with van der Waals surface area (Å²) in [6, 6.07) is 18.0. The highest BCUT2D eigenvalue weighted by atomic mass is 35.5. The number of hydrogen-bond donors (Lipinski definition) is 2. The van der Waals surface area contributed by atoms with Crippen molar-refractivity contribution in [2.75, 3.05) is 13.1 Å². The molecule has 1 amide bonds. The summed E-state index contributed by atoms with van der Waals surface area (Å²) in [5.74, 6) is 0.397. The summed E-state index contributed by atoms with van der Waals surface area (Å²) in [4.78, 5) is 15.3. The maximum absolute atomic E-state index is 12.4. The van der Waals surface area contributed by atoms with Crippen LogP contribution in [-0.4, -0.2) is 45.2 Å². The van der Waals surface area contributed by atoms with Gasteiger partial charge in [-0.05, 0) is 29.5 Å². The first-order valence-electron chi connectivity index (χ1n) is 9.86. The van der Waals surface area contributed by atoms with E-state index >= 15 is 0 Å². The van der Waals surface area contributed by atoms with E-state index in [4.69, 9.17) is 11.6 Å². The number of carbonyl (C=O) groups excluding carboxylic acids is 1. The van der Waals surface area contributed by atoms with Crippen molar-refractivity contribution in [3.05, 3.63) is 65.2 Å². The number of nitrogens with zero attached hydrogens (tertiary/aromatic N) is 4. The lowest BCUT2D eigenvalue weighted by atomic mass is 10.0. The fourth-order valence-electron chi connectivity index (χ4n) is 3.66. The third-order valence-corrected chi connectivity index (χ3v) is 5.45. The van der Waals surface area contributed by atoms with Crippen LogP contribution in [0.15, 0.2) is 54.6 Å². The number of rotatable bonds is 6. The molecule has 0 aliphatic carbocycles. The third kappa shape index (κ3) is 5.40. The van der Waals surface area contributed by atoms with E-state index in [1.165, 1.54) is 10.4 Å². The average Bonchev–Trinajstić information content (AvgIpc) is 3.19. The number of benzene rings is 2. The fraction of sp³-hybridized carbons (Fsp3) is 0.333. The predicted molar refractivity (Wildman–Crippen MR) is 110 cm³/mol. The van der Waals surface area contributed by atoms with Crippen LogP contribution in [0.25, 0.3) is 11.4 Å². The number of hydrogen-bond acceptors (Lipinski definition) is 4. The van der Waals surface area contributed by atoms with Gasteiger partial charge in [-0.2, -0.15) is 4.80 Å². The summed E-state index contributed by atoms with van der Waals surface area (Å²) >= 11 is 5.90. The molecule has 1 fully saturated rings. The van der Waals surface area contributed by atoms with Gasteiger partial charge in [0, 0.05) is 35.0 Å². The summed E-state index contributed by atoms with van der Waals surface area (Å²) < 4.78 is 0. The Bertz CT molecular complexity index is 935. The second-order valence-electron chi connectivity index (χ2n) is 7.40. The van der Waals surface area contributed by atoms with E-state index in [1.54, 1.807) is 17.0 Å². The molecular formula is C21H24ClN6O+. The molecule has 150 valence electrons. The zero-order valence-electron chi connectivity index (χ0n) is 16.1. The van der Waals surface area contributed by atoms with Gasteiger partial charge in [0.05, 0.1) is 13.1 Å². The maximum atomic E-state index is 12.4. The Hall–Kier alpha value is -2.77. The van der Waals surface area contributed by atoms with Gasteiger partial charge in [-0.1, -0.05) is 41.9 Å². The SMILES string of the molecule is O=C(Cn1nnc(-c2ccc(Cl)cc2)n1)NC1CC[NH+](Cc2ccccc2)CC1. The summed E-state index contributed by atoms with van der Waals surface area (Å²) in [6.45, 7) is 3.22. The van der Waals surface area contributed by atoms with Gasteiger partial charge in [0.1, 0.15) is 13.1 Å². The number of piperidine rings is 1. The minimum Gasteiger partial charge on any atom is -0.351 e. The lowest BCUT2D eigenvalue weighted by molar-refractivity contribution is -0.918. The molecule has 2 N–H and O–H groups in total. The quantitative estimate of drug-likeness (QED) is 0.642. The molecule has 1 aliphatic rings. The number of tetrazole rings is 1. The monoisotopic (exact) mass is 411 g/mol. The largest absolute Gasteiger partial charge is 0.351 e. The Balaban J connectivity index is 1.24. The van der Waals surface area contributed by atoms with Gasteiger partial charge >= 0.3 is 0 Å². The van der Waals surface area contributed by atoms with Gasteiger partial charge in [0.25, 0.3) is 0 Å². The second kappa shape index (κ2) is 9.15. The van der Waals surface area contributed by atoms with E-state index in [2.05, 4.69) is 45.0 Å². The van der Waals surface area contributed by atoms with Crippen LogP contribution in [0.5, 0.6) is 0 Å². The highest BCUT2D eigenvalue weighted by Gasteiger charge is 2.23. The highest BCUT2D eigenvalue weighted by molar-refractivity contribution is 6.30. The van der Waals surface area contributed by atoms with Crippen LogP contribution < -0.4 is 10.2 Å². The molecule has 0 spiro atoms. The molecule has 1 saturated heterocycles. The molecule has 0 bridgehead atoms. The predicted octanol–water partition coefficient (Wildman–Crippen LogP) is 1.36. The van der Waals surface area contributed by atoms with Crippen LogP contribution >= 0.6 is 11.6 Å². The Kier molecular flexibility index (Phi) is 6.17. The summed E-state index contributed by atoms with van der Waals surface area (Å²) in [5, 5.41) is 16.1. The van der Waals surface area contributed by atoms with Gasteiger partial charge in [0.15, 0.2) is 0 Å². The number of aromatic nitrogens is 4. The van der Waals surface area contributed by atoms with Gasteiger partial charge < -0.3 is 10.2 Å². The Labute approximate surface area is 174 Å². The van der Waals surface area contributed by atoms with E-state index in [0.29, 0.717) is 10.8 Å². The van der Waals surface area contributed by atoms with Crippen molar-refractivity contribution in [1.29, 1.82) is 0 Å². The second-order valence-corrected chi connectivity index (χ2v) is 7.84. The molecule has 0 saturated carbocycles. The number of likely N-dealkylation sites (tertiary alicyclic amines) is 1. The lowest BCUT2D eigenvalue weighted by Crippen LogP contribution is -3.12. The van der Waals surface area contributed by atoms with E-state index in [1.807, 2.05) is 18.2 Å². The molecule has 8 heteroatoms. The van der Waals surface area contributed by atoms with E-state index in [9.17, 15) is 4.79 Å². The number of carbonyl (C=O) groups is 1. The third-order valence-electron chi connectivity index (χ3n) is 5.20. The molecule has 0 unspecified atom stereocenters. The highest BCUT2D eigenvalue weighted by Crippen LogP contribution is 2.16. The van der Waals surface area contributed by atoms with Gasteiger partial charge in [-0.25, -0.2) is 0 Å². The molecule has 29 heavy (non-hydrogen) atoms. The first-order valence-corrected chi connectivity index (χ1v) is 10.2. The minimum absolute atomic E-state index is 0.0671. The van der Waals surface area contributed by atoms with Crippen LogP contribution in [0.1, 0.15) is 18.4 Å². The molecule has 7 nitrogen and oxygen atoms in total. The summed E-state index contributed by atoms with van der Waals surface area (Å²) in [5.41, 5.74) is 2.17. The topological polar surface area (TPSA) is 77.1 Å². The standard InChI is InChI=1S/C21H23ClN6O/c22-18-8-6-17(7-9-18)21-24-26-28(25-21)15-20(29)23-19-10-12-27(13-11-19)14-16-4-2-1-3-5-16/h1-9,19H,10-15H2,(H,23,29)/p+1. The number of amides is 1. The van der Waals surface area contributed by atoms with Crippen molar-refractivity contribution < 1.29 is 9.69 Å². The van der Waals surface area contributed by atoms with Crippen molar-refractivity contribution in [1.82, 2.24) is 25.5 Å². The molecular weight excluding hydrogens is 388 g/mol. The van der Waals surface area contributed by atoms with Gasteiger partial charge in [-0.3, -0.25) is 4.79 Å². The molecule has 3 aromatic rings. The van der Waals surface area contributed by atoms with Gasteiger partial charge in [0.2, 0.25) is 11.7 Å². The molecule has 4 rings (SSSR count). The van der Waals surface area contributed by atoms with E-state index in [0.717, 1.165) is 38.0 Å². The van der Waals surface area contributed by atoms with Crippen LogP contribution in [-0.2, 0) is 17.9 Å². The van der Waals surface area contributed by atoms with Crippen LogP contribution in [0.4, 0.5) is 0 Å². The Morgan fingerprint density at radius 3 is 2.55 bits per heavy atom. The van der Waals surface area contributed by atoms with Crippen molar-refractivity contribution in [3.63, 3.8) is 0 Å². The summed E-state index contributed by atoms with van der Waals surface area (Å²) in [7, 11) is 0. The van der Waals surface area contributed by atoms with Crippen molar-refractivity contribution >= 4 is 17.5 Å². The fourth-order valence-corrected chi connectivity index (χ4v) is 3.78. The molecule has 2 aromatic carbocycles.